The summed E-state index contributed by atoms with van der Waals surface area (Å²) in [7, 11) is -3.94. The third-order valence-electron chi connectivity index (χ3n) is 4.72. The van der Waals surface area contributed by atoms with Crippen molar-refractivity contribution in [1.82, 2.24) is 5.32 Å². The van der Waals surface area contributed by atoms with Gasteiger partial charge in [0.2, 0.25) is 5.91 Å². The van der Waals surface area contributed by atoms with Crippen molar-refractivity contribution >= 4 is 56.6 Å². The summed E-state index contributed by atoms with van der Waals surface area (Å²) in [5, 5.41) is 3.95. The van der Waals surface area contributed by atoms with Crippen molar-refractivity contribution in [2.75, 3.05) is 23.1 Å². The van der Waals surface area contributed by atoms with Crippen LogP contribution in [0.4, 0.5) is 5.69 Å². The van der Waals surface area contributed by atoms with Crippen molar-refractivity contribution in [2.45, 2.75) is 17.1 Å². The molecular weight excluding hydrogens is 499 g/mol. The molecular formula is C24H24Cl2N2O3S2. The molecule has 0 unspecified atom stereocenters. The molecule has 0 spiro atoms. The predicted octanol–water partition coefficient (Wildman–Crippen LogP) is 5.63. The van der Waals surface area contributed by atoms with Gasteiger partial charge in [-0.3, -0.25) is 9.10 Å². The maximum atomic E-state index is 13.2. The Labute approximate surface area is 209 Å². The molecule has 5 nitrogen and oxygen atoms in total. The number of carbonyl (C=O) groups is 1. The molecule has 0 saturated heterocycles. The number of sulfonamides is 1. The Kier molecular flexibility index (Phi) is 9.50. The number of nitrogens with zero attached hydrogens (tertiary/aromatic N) is 1. The third-order valence-corrected chi connectivity index (χ3v) is 8.20. The number of hydrogen-bond acceptors (Lipinski definition) is 4. The SMILES string of the molecule is O=C(CN(c1cccc(Cl)c1)S(=O)(=O)c1ccccc1)NCCCSCc1ccccc1Cl. The topological polar surface area (TPSA) is 66.5 Å². The zero-order valence-electron chi connectivity index (χ0n) is 17.8. The fraction of sp³-hybridized carbons (Fsp3) is 0.208. The number of amides is 1. The molecule has 0 fully saturated rings. The van der Waals surface area contributed by atoms with Crippen molar-refractivity contribution in [3.8, 4) is 0 Å². The monoisotopic (exact) mass is 522 g/mol. The van der Waals surface area contributed by atoms with Crippen LogP contribution in [0.15, 0.2) is 83.8 Å². The molecule has 174 valence electrons. The maximum absolute atomic E-state index is 13.2. The molecule has 0 atom stereocenters. The Morgan fingerprint density at radius 3 is 2.39 bits per heavy atom. The van der Waals surface area contributed by atoms with E-state index in [0.717, 1.165) is 32.8 Å². The van der Waals surface area contributed by atoms with E-state index in [2.05, 4.69) is 5.32 Å². The van der Waals surface area contributed by atoms with Gasteiger partial charge in [-0.1, -0.05) is 65.7 Å². The van der Waals surface area contributed by atoms with E-state index < -0.39 is 10.0 Å². The summed E-state index contributed by atoms with van der Waals surface area (Å²) in [6.45, 7) is 0.105. The number of anilines is 1. The summed E-state index contributed by atoms with van der Waals surface area (Å²) >= 11 is 14.0. The molecule has 33 heavy (non-hydrogen) atoms. The molecule has 3 aromatic carbocycles. The van der Waals surface area contributed by atoms with E-state index in [1.54, 1.807) is 48.2 Å². The summed E-state index contributed by atoms with van der Waals surface area (Å²) < 4.78 is 27.6. The first-order chi connectivity index (χ1) is 15.9. The number of benzene rings is 3. The molecule has 0 heterocycles. The highest BCUT2D eigenvalue weighted by molar-refractivity contribution is 7.98. The van der Waals surface area contributed by atoms with E-state index in [0.29, 0.717) is 17.3 Å². The average molecular weight is 524 g/mol. The van der Waals surface area contributed by atoms with Gasteiger partial charge in [0.15, 0.2) is 0 Å². The Morgan fingerprint density at radius 1 is 0.939 bits per heavy atom. The van der Waals surface area contributed by atoms with Crippen LogP contribution in [0.3, 0.4) is 0 Å². The molecule has 0 bridgehead atoms. The summed E-state index contributed by atoms with van der Waals surface area (Å²) in [6.07, 6.45) is 0.753. The first-order valence-electron chi connectivity index (χ1n) is 10.3. The third kappa shape index (κ3) is 7.40. The van der Waals surface area contributed by atoms with Gasteiger partial charge in [0, 0.05) is 22.3 Å². The number of halogens is 2. The molecule has 0 aliphatic carbocycles. The van der Waals surface area contributed by atoms with Gasteiger partial charge in [0.25, 0.3) is 10.0 Å². The fourth-order valence-corrected chi connectivity index (χ4v) is 5.92. The molecule has 1 N–H and O–H groups in total. The lowest BCUT2D eigenvalue weighted by Crippen LogP contribution is -2.41. The second kappa shape index (κ2) is 12.3. The van der Waals surface area contributed by atoms with Crippen LogP contribution in [0.2, 0.25) is 10.0 Å². The van der Waals surface area contributed by atoms with Crippen LogP contribution in [0.1, 0.15) is 12.0 Å². The van der Waals surface area contributed by atoms with E-state index in [4.69, 9.17) is 23.2 Å². The lowest BCUT2D eigenvalue weighted by atomic mass is 10.2. The maximum Gasteiger partial charge on any atom is 0.264 e. The van der Waals surface area contributed by atoms with E-state index in [1.165, 1.54) is 18.2 Å². The molecule has 1 amide bonds. The minimum atomic E-state index is -3.94. The number of hydrogen-bond donors (Lipinski definition) is 1. The van der Waals surface area contributed by atoms with Gasteiger partial charge in [0.05, 0.1) is 10.6 Å². The predicted molar refractivity (Wildman–Crippen MR) is 138 cm³/mol. The molecule has 0 aromatic heterocycles. The van der Waals surface area contributed by atoms with E-state index in [-0.39, 0.29) is 17.3 Å². The lowest BCUT2D eigenvalue weighted by molar-refractivity contribution is -0.119. The molecule has 0 aliphatic rings. The number of thioether (sulfide) groups is 1. The largest absolute Gasteiger partial charge is 0.354 e. The number of nitrogens with one attached hydrogen (secondary N) is 1. The molecule has 0 saturated carbocycles. The lowest BCUT2D eigenvalue weighted by Gasteiger charge is -2.24. The Hall–Kier alpha value is -2.19. The quantitative estimate of drug-likeness (QED) is 0.331. The van der Waals surface area contributed by atoms with E-state index in [9.17, 15) is 13.2 Å². The highest BCUT2D eigenvalue weighted by atomic mass is 35.5. The van der Waals surface area contributed by atoms with E-state index >= 15 is 0 Å². The van der Waals surface area contributed by atoms with E-state index in [1.807, 2.05) is 24.3 Å². The number of rotatable bonds is 11. The summed E-state index contributed by atoms with van der Waals surface area (Å²) in [5.41, 5.74) is 1.41. The minimum Gasteiger partial charge on any atom is -0.354 e. The average Bonchev–Trinajstić information content (AvgIpc) is 2.81. The normalized spacial score (nSPS) is 11.2. The van der Waals surface area contributed by atoms with Gasteiger partial charge in [-0.15, -0.1) is 0 Å². The van der Waals surface area contributed by atoms with Gasteiger partial charge < -0.3 is 5.32 Å². The minimum absolute atomic E-state index is 0.105. The molecule has 3 aromatic rings. The van der Waals surface area contributed by atoms with Gasteiger partial charge in [-0.2, -0.15) is 11.8 Å². The van der Waals surface area contributed by atoms with Gasteiger partial charge >= 0.3 is 0 Å². The van der Waals surface area contributed by atoms with Crippen LogP contribution in [-0.2, 0) is 20.6 Å². The zero-order valence-corrected chi connectivity index (χ0v) is 20.9. The van der Waals surface area contributed by atoms with Crippen molar-refractivity contribution in [1.29, 1.82) is 0 Å². The van der Waals surface area contributed by atoms with Crippen molar-refractivity contribution in [2.24, 2.45) is 0 Å². The van der Waals surface area contributed by atoms with Crippen LogP contribution in [0.25, 0.3) is 0 Å². The second-order valence-corrected chi connectivity index (χ2v) is 11.0. The molecule has 0 aliphatic heterocycles. The van der Waals surface area contributed by atoms with Crippen LogP contribution >= 0.6 is 35.0 Å². The first-order valence-corrected chi connectivity index (χ1v) is 13.6. The summed E-state index contributed by atoms with van der Waals surface area (Å²) in [6, 6.07) is 22.2. The van der Waals surface area contributed by atoms with Crippen molar-refractivity contribution in [3.63, 3.8) is 0 Å². The second-order valence-electron chi connectivity index (χ2n) is 7.15. The Morgan fingerprint density at radius 2 is 1.67 bits per heavy atom. The van der Waals surface area contributed by atoms with Crippen LogP contribution in [-0.4, -0.2) is 33.2 Å². The summed E-state index contributed by atoms with van der Waals surface area (Å²) in [4.78, 5) is 12.7. The molecule has 3 rings (SSSR count). The standard InChI is InChI=1S/C24H24Cl2N2O3S2/c25-20-9-6-10-21(16-20)28(33(30,31)22-11-2-1-3-12-22)17-24(29)27-14-7-15-32-18-19-8-4-5-13-23(19)26/h1-6,8-13,16H,7,14-15,17-18H2,(H,27,29). The highest BCUT2D eigenvalue weighted by Crippen LogP contribution is 2.26. The van der Waals surface area contributed by atoms with Crippen LogP contribution in [0, 0.1) is 0 Å². The molecule has 0 radical (unpaired) electrons. The summed E-state index contributed by atoms with van der Waals surface area (Å²) in [5.74, 6) is 1.25. The van der Waals surface area contributed by atoms with Gasteiger partial charge in [-0.05, 0) is 54.1 Å². The van der Waals surface area contributed by atoms with Crippen molar-refractivity contribution in [3.05, 3.63) is 94.5 Å². The number of carbonyl (C=O) groups excluding carboxylic acids is 1. The highest BCUT2D eigenvalue weighted by Gasteiger charge is 2.27. The van der Waals surface area contributed by atoms with Gasteiger partial charge in [0.1, 0.15) is 6.54 Å². The van der Waals surface area contributed by atoms with Gasteiger partial charge in [-0.25, -0.2) is 8.42 Å². The Balaban J connectivity index is 1.57. The smallest absolute Gasteiger partial charge is 0.264 e. The Bertz CT molecular complexity index is 1180. The first kappa shape index (κ1) is 25.4. The molecule has 9 heteroatoms. The van der Waals surface area contributed by atoms with Crippen molar-refractivity contribution < 1.29 is 13.2 Å². The zero-order chi connectivity index (χ0) is 23.7. The van der Waals surface area contributed by atoms with Crippen LogP contribution < -0.4 is 9.62 Å². The van der Waals surface area contributed by atoms with Crippen LogP contribution in [0.5, 0.6) is 0 Å². The fourth-order valence-electron chi connectivity index (χ4n) is 3.05.